The maximum atomic E-state index is 11.5. The second-order valence-corrected chi connectivity index (χ2v) is 4.31. The quantitative estimate of drug-likeness (QED) is 0.603. The molecule has 3 unspecified atom stereocenters. The molecule has 0 radical (unpaired) electrons. The molecule has 0 aromatic carbocycles. The van der Waals surface area contributed by atoms with Crippen molar-refractivity contribution in [1.82, 2.24) is 10.6 Å². The van der Waals surface area contributed by atoms with E-state index in [1.165, 1.54) is 0 Å². The topological polar surface area (TPSA) is 78.4 Å². The van der Waals surface area contributed by atoms with Gasteiger partial charge in [0.2, 0.25) is 0 Å². The summed E-state index contributed by atoms with van der Waals surface area (Å²) in [6.45, 7) is 2.10. The van der Waals surface area contributed by atoms with Gasteiger partial charge in [-0.1, -0.05) is 13.3 Å². The van der Waals surface area contributed by atoms with Crippen molar-refractivity contribution in [2.45, 2.75) is 44.7 Å². The van der Waals surface area contributed by atoms with Crippen LogP contribution in [0.5, 0.6) is 0 Å². The molecule has 0 bridgehead atoms. The summed E-state index contributed by atoms with van der Waals surface area (Å²) in [6, 6.07) is -1.27. The lowest BCUT2D eigenvalue weighted by Gasteiger charge is -2.12. The summed E-state index contributed by atoms with van der Waals surface area (Å²) in [5, 5.41) is 13.9. The molecule has 0 saturated heterocycles. The van der Waals surface area contributed by atoms with E-state index in [1.54, 1.807) is 0 Å². The molecule has 0 spiro atoms. The van der Waals surface area contributed by atoms with Gasteiger partial charge in [-0.15, -0.1) is 12.3 Å². The number of rotatable bonds is 6. The van der Waals surface area contributed by atoms with Crippen LogP contribution in [-0.4, -0.2) is 29.2 Å². The van der Waals surface area contributed by atoms with Crippen molar-refractivity contribution in [3.8, 4) is 12.3 Å². The second kappa shape index (κ2) is 6.14. The first-order chi connectivity index (χ1) is 8.08. The lowest BCUT2D eigenvalue weighted by Crippen LogP contribution is -2.46. The van der Waals surface area contributed by atoms with Crippen LogP contribution in [0.25, 0.3) is 0 Å². The molecule has 3 atom stereocenters. The highest BCUT2D eigenvalue weighted by molar-refractivity contribution is 5.83. The fraction of sp³-hybridized carbons (Fsp3) is 0.667. The third-order valence-electron chi connectivity index (χ3n) is 2.82. The lowest BCUT2D eigenvalue weighted by molar-refractivity contribution is -0.139. The smallest absolute Gasteiger partial charge is 0.327 e. The zero-order chi connectivity index (χ0) is 12.8. The summed E-state index contributed by atoms with van der Waals surface area (Å²) in [7, 11) is 0. The van der Waals surface area contributed by atoms with Crippen LogP contribution in [0.2, 0.25) is 0 Å². The zero-order valence-electron chi connectivity index (χ0n) is 9.90. The minimum atomic E-state index is -1.11. The van der Waals surface area contributed by atoms with Crippen molar-refractivity contribution in [3.05, 3.63) is 0 Å². The summed E-state index contributed by atoms with van der Waals surface area (Å²) < 4.78 is 0. The van der Waals surface area contributed by atoms with Crippen LogP contribution in [0.1, 0.15) is 32.6 Å². The number of hydrogen-bond donors (Lipinski definition) is 3. The third-order valence-corrected chi connectivity index (χ3v) is 2.82. The van der Waals surface area contributed by atoms with Gasteiger partial charge in [0.15, 0.2) is 0 Å². The van der Waals surface area contributed by atoms with E-state index in [9.17, 15) is 9.59 Å². The number of carbonyl (C=O) groups is 2. The molecular formula is C12H18N2O3. The predicted octanol–water partition coefficient (Wildman–Crippen LogP) is 0.951. The number of nitrogens with one attached hydrogen (secondary N) is 2. The SMILES string of the molecule is C#CCC(NC(=O)NC1CC1CCC)C(=O)O. The number of carboxylic acid groups (broad SMARTS) is 1. The van der Waals surface area contributed by atoms with Gasteiger partial charge in [-0.05, 0) is 18.8 Å². The molecule has 0 aliphatic heterocycles. The first-order valence-electron chi connectivity index (χ1n) is 5.81. The van der Waals surface area contributed by atoms with E-state index in [0.29, 0.717) is 5.92 Å². The van der Waals surface area contributed by atoms with Gasteiger partial charge in [-0.3, -0.25) is 0 Å². The number of amides is 2. The molecule has 1 aliphatic rings. The highest BCUT2D eigenvalue weighted by Crippen LogP contribution is 2.34. The number of hydrogen-bond acceptors (Lipinski definition) is 2. The molecule has 0 aromatic heterocycles. The Morgan fingerprint density at radius 1 is 1.59 bits per heavy atom. The monoisotopic (exact) mass is 238 g/mol. The summed E-state index contributed by atoms with van der Waals surface area (Å²) in [4.78, 5) is 22.2. The van der Waals surface area contributed by atoms with Crippen LogP contribution in [0.4, 0.5) is 4.79 Å². The van der Waals surface area contributed by atoms with Gasteiger partial charge in [0, 0.05) is 12.5 Å². The lowest BCUT2D eigenvalue weighted by atomic mass is 10.2. The average molecular weight is 238 g/mol. The summed E-state index contributed by atoms with van der Waals surface area (Å²) in [5.41, 5.74) is 0. The Morgan fingerprint density at radius 2 is 2.29 bits per heavy atom. The molecular weight excluding hydrogens is 220 g/mol. The molecule has 5 heteroatoms. The number of carboxylic acids is 1. The van der Waals surface area contributed by atoms with Gasteiger partial charge in [-0.25, -0.2) is 9.59 Å². The molecule has 2 amide bonds. The number of urea groups is 1. The number of terminal acetylenes is 1. The summed E-state index contributed by atoms with van der Waals surface area (Å²) in [5.74, 6) is 1.66. The van der Waals surface area contributed by atoms with Crippen LogP contribution >= 0.6 is 0 Å². The fourth-order valence-electron chi connectivity index (χ4n) is 1.80. The van der Waals surface area contributed by atoms with Crippen molar-refractivity contribution in [3.63, 3.8) is 0 Å². The van der Waals surface area contributed by atoms with E-state index < -0.39 is 18.0 Å². The predicted molar refractivity (Wildman–Crippen MR) is 63.3 cm³/mol. The third kappa shape index (κ3) is 4.35. The minimum absolute atomic E-state index is 0.00813. The van der Waals surface area contributed by atoms with E-state index in [0.717, 1.165) is 19.3 Å². The standard InChI is InChI=1S/C12H18N2O3/c1-3-5-8-7-10(8)14-12(17)13-9(6-4-2)11(15)16/h2,8-10H,3,5-7H2,1H3,(H,15,16)(H2,13,14,17). The van der Waals surface area contributed by atoms with Gasteiger partial charge in [0.25, 0.3) is 0 Å². The molecule has 0 heterocycles. The van der Waals surface area contributed by atoms with Crippen LogP contribution in [-0.2, 0) is 4.79 Å². The van der Waals surface area contributed by atoms with E-state index >= 15 is 0 Å². The van der Waals surface area contributed by atoms with Crippen molar-refractivity contribution in [2.24, 2.45) is 5.92 Å². The van der Waals surface area contributed by atoms with E-state index in [2.05, 4.69) is 23.5 Å². The molecule has 1 saturated carbocycles. The van der Waals surface area contributed by atoms with Gasteiger partial charge < -0.3 is 15.7 Å². The van der Waals surface area contributed by atoms with Crippen LogP contribution in [0.15, 0.2) is 0 Å². The van der Waals surface area contributed by atoms with Gasteiger partial charge >= 0.3 is 12.0 Å². The van der Waals surface area contributed by atoms with Crippen LogP contribution in [0, 0.1) is 18.3 Å². The molecule has 5 nitrogen and oxygen atoms in total. The Kier molecular flexibility index (Phi) is 4.83. The minimum Gasteiger partial charge on any atom is -0.480 e. The largest absolute Gasteiger partial charge is 0.480 e. The highest BCUT2D eigenvalue weighted by atomic mass is 16.4. The van der Waals surface area contributed by atoms with E-state index in [4.69, 9.17) is 11.5 Å². The van der Waals surface area contributed by atoms with Gasteiger partial charge in [-0.2, -0.15) is 0 Å². The Labute approximate surface area is 101 Å². The normalized spacial score (nSPS) is 23.3. The van der Waals surface area contributed by atoms with Crippen LogP contribution < -0.4 is 10.6 Å². The molecule has 1 rings (SSSR count). The molecule has 94 valence electrons. The highest BCUT2D eigenvalue weighted by Gasteiger charge is 2.37. The van der Waals surface area contributed by atoms with Gasteiger partial charge in [0.1, 0.15) is 6.04 Å². The molecule has 1 fully saturated rings. The average Bonchev–Trinajstić information content (AvgIpc) is 2.96. The van der Waals surface area contributed by atoms with Crippen LogP contribution in [0.3, 0.4) is 0 Å². The fourth-order valence-corrected chi connectivity index (χ4v) is 1.80. The second-order valence-electron chi connectivity index (χ2n) is 4.31. The van der Waals surface area contributed by atoms with E-state index in [-0.39, 0.29) is 12.5 Å². The molecule has 1 aliphatic carbocycles. The zero-order valence-corrected chi connectivity index (χ0v) is 9.90. The summed E-state index contributed by atoms with van der Waals surface area (Å²) in [6.07, 6.45) is 8.20. The Hall–Kier alpha value is -1.70. The number of carbonyl (C=O) groups excluding carboxylic acids is 1. The van der Waals surface area contributed by atoms with E-state index in [1.807, 2.05) is 0 Å². The van der Waals surface area contributed by atoms with Crippen molar-refractivity contribution >= 4 is 12.0 Å². The Bertz CT molecular complexity index is 335. The molecule has 3 N–H and O–H groups in total. The van der Waals surface area contributed by atoms with Crippen molar-refractivity contribution in [1.29, 1.82) is 0 Å². The Balaban J connectivity index is 2.29. The maximum absolute atomic E-state index is 11.5. The maximum Gasteiger partial charge on any atom is 0.327 e. The molecule has 17 heavy (non-hydrogen) atoms. The summed E-state index contributed by atoms with van der Waals surface area (Å²) >= 11 is 0. The van der Waals surface area contributed by atoms with Crippen molar-refractivity contribution < 1.29 is 14.7 Å². The first kappa shape index (κ1) is 13.4. The first-order valence-corrected chi connectivity index (χ1v) is 5.81. The Morgan fingerprint density at radius 3 is 2.82 bits per heavy atom. The van der Waals surface area contributed by atoms with Gasteiger partial charge in [0.05, 0.1) is 0 Å². The molecule has 0 aromatic rings. The van der Waals surface area contributed by atoms with Crippen molar-refractivity contribution in [2.75, 3.05) is 0 Å². The number of aliphatic carboxylic acids is 1.